The van der Waals surface area contributed by atoms with E-state index in [0.29, 0.717) is 16.1 Å². The van der Waals surface area contributed by atoms with Crippen molar-refractivity contribution >= 4 is 17.3 Å². The molecule has 0 spiro atoms. The number of hydrogen-bond acceptors (Lipinski definition) is 5. The summed E-state index contributed by atoms with van der Waals surface area (Å²) in [6.07, 6.45) is 0. The normalized spacial score (nSPS) is 10.5. The average Bonchev–Trinajstić information content (AvgIpc) is 2.77. The highest BCUT2D eigenvalue weighted by Gasteiger charge is 2.21. The highest BCUT2D eigenvalue weighted by Crippen LogP contribution is 2.33. The van der Waals surface area contributed by atoms with E-state index in [-0.39, 0.29) is 5.56 Å². The maximum atomic E-state index is 11.8. The van der Waals surface area contributed by atoms with Crippen LogP contribution in [0.4, 0.5) is 0 Å². The van der Waals surface area contributed by atoms with Gasteiger partial charge < -0.3 is 4.74 Å². The Morgan fingerprint density at radius 1 is 1.32 bits per heavy atom. The maximum Gasteiger partial charge on any atom is 0.348 e. The van der Waals surface area contributed by atoms with Gasteiger partial charge in [-0.2, -0.15) is 5.10 Å². The molecule has 0 aliphatic rings. The zero-order chi connectivity index (χ0) is 14.2. The Morgan fingerprint density at radius 3 is 2.63 bits per heavy atom. The summed E-state index contributed by atoms with van der Waals surface area (Å²) in [5.74, 6) is -0.391. The maximum absolute atomic E-state index is 11.8. The number of aromatic amines is 1. The molecule has 6 heteroatoms. The zero-order valence-electron chi connectivity index (χ0n) is 11.2. The molecule has 0 amide bonds. The first kappa shape index (κ1) is 13.5. The summed E-state index contributed by atoms with van der Waals surface area (Å²) >= 11 is 1.32. The Balaban J connectivity index is 2.73. The van der Waals surface area contributed by atoms with E-state index >= 15 is 0 Å². The number of aromatic nitrogens is 2. The largest absolute Gasteiger partial charge is 0.465 e. The number of nitrogens with zero attached hydrogens (tertiary/aromatic N) is 1. The van der Waals surface area contributed by atoms with Crippen LogP contribution in [-0.2, 0) is 4.74 Å². The van der Waals surface area contributed by atoms with Gasteiger partial charge in [0, 0.05) is 11.1 Å². The van der Waals surface area contributed by atoms with Gasteiger partial charge in [0.2, 0.25) is 0 Å². The minimum absolute atomic E-state index is 0.214. The predicted octanol–water partition coefficient (Wildman–Crippen LogP) is 2.21. The van der Waals surface area contributed by atoms with Crippen molar-refractivity contribution in [1.29, 1.82) is 0 Å². The van der Waals surface area contributed by atoms with Gasteiger partial charge in [-0.3, -0.25) is 4.79 Å². The fourth-order valence-electron chi connectivity index (χ4n) is 1.85. The van der Waals surface area contributed by atoms with Gasteiger partial charge in [0.1, 0.15) is 4.88 Å². The van der Waals surface area contributed by atoms with Crippen molar-refractivity contribution in [1.82, 2.24) is 10.2 Å². The van der Waals surface area contributed by atoms with Gasteiger partial charge in [-0.1, -0.05) is 0 Å². The Hall–Kier alpha value is -1.95. The molecule has 0 saturated carbocycles. The van der Waals surface area contributed by atoms with E-state index in [2.05, 4.69) is 10.2 Å². The molecule has 0 atom stereocenters. The number of carbonyl (C=O) groups excluding carboxylic acids is 1. The lowest BCUT2D eigenvalue weighted by atomic mass is 10.0. The van der Waals surface area contributed by atoms with Crippen molar-refractivity contribution in [3.05, 3.63) is 37.3 Å². The zero-order valence-corrected chi connectivity index (χ0v) is 12.0. The number of ether oxygens (including phenoxy) is 1. The van der Waals surface area contributed by atoms with E-state index < -0.39 is 5.97 Å². The molecule has 1 N–H and O–H groups in total. The third kappa shape index (κ3) is 2.19. The molecular formula is C13H14N2O3S. The SMILES string of the molecule is COC(=O)c1scc(C)c1-c1n[nH]c(=O)c(C)c1C. The number of H-pyrrole nitrogens is 1. The van der Waals surface area contributed by atoms with E-state index in [1.165, 1.54) is 18.4 Å². The number of hydrogen-bond donors (Lipinski definition) is 1. The number of methoxy groups -OCH3 is 1. The van der Waals surface area contributed by atoms with E-state index in [1.54, 1.807) is 6.92 Å². The second-order valence-corrected chi connectivity index (χ2v) is 5.15. The molecule has 5 nitrogen and oxygen atoms in total. The third-order valence-electron chi connectivity index (χ3n) is 3.11. The number of aryl methyl sites for hydroxylation is 1. The number of nitrogens with one attached hydrogen (secondary N) is 1. The van der Waals surface area contributed by atoms with Crippen LogP contribution in [0.5, 0.6) is 0 Å². The van der Waals surface area contributed by atoms with Gasteiger partial charge >= 0.3 is 5.97 Å². The van der Waals surface area contributed by atoms with Gasteiger partial charge in [0.15, 0.2) is 0 Å². The predicted molar refractivity (Wildman–Crippen MR) is 73.7 cm³/mol. The highest BCUT2D eigenvalue weighted by atomic mass is 32.1. The van der Waals surface area contributed by atoms with Crippen LogP contribution in [0.15, 0.2) is 10.2 Å². The highest BCUT2D eigenvalue weighted by molar-refractivity contribution is 7.12. The summed E-state index contributed by atoms with van der Waals surface area (Å²) in [5.41, 5.74) is 3.45. The van der Waals surface area contributed by atoms with Gasteiger partial charge in [-0.05, 0) is 37.3 Å². The van der Waals surface area contributed by atoms with Gasteiger partial charge in [-0.15, -0.1) is 11.3 Å². The van der Waals surface area contributed by atoms with Crippen LogP contribution in [0.2, 0.25) is 0 Å². The van der Waals surface area contributed by atoms with Crippen molar-refractivity contribution < 1.29 is 9.53 Å². The molecule has 0 radical (unpaired) electrons. The van der Waals surface area contributed by atoms with E-state index in [1.807, 2.05) is 19.2 Å². The second-order valence-electron chi connectivity index (χ2n) is 4.27. The van der Waals surface area contributed by atoms with Gasteiger partial charge in [0.25, 0.3) is 5.56 Å². The monoisotopic (exact) mass is 278 g/mol. The first-order valence-electron chi connectivity index (χ1n) is 5.70. The Bertz CT molecular complexity index is 700. The summed E-state index contributed by atoms with van der Waals surface area (Å²) in [6.45, 7) is 5.46. The lowest BCUT2D eigenvalue weighted by Gasteiger charge is -2.08. The Kier molecular flexibility index (Phi) is 3.53. The van der Waals surface area contributed by atoms with Crippen LogP contribution in [0.3, 0.4) is 0 Å². The molecule has 100 valence electrons. The number of rotatable bonds is 2. The number of thiophene rings is 1. The third-order valence-corrected chi connectivity index (χ3v) is 4.19. The first-order chi connectivity index (χ1) is 8.97. The molecule has 0 unspecified atom stereocenters. The van der Waals surface area contributed by atoms with Gasteiger partial charge in [0.05, 0.1) is 12.8 Å². The minimum Gasteiger partial charge on any atom is -0.465 e. The van der Waals surface area contributed by atoms with Crippen LogP contribution in [0.25, 0.3) is 11.3 Å². The summed E-state index contributed by atoms with van der Waals surface area (Å²) in [7, 11) is 1.35. The topological polar surface area (TPSA) is 72.0 Å². The lowest BCUT2D eigenvalue weighted by molar-refractivity contribution is 0.0607. The smallest absolute Gasteiger partial charge is 0.348 e. The minimum atomic E-state index is -0.391. The van der Waals surface area contributed by atoms with Crippen molar-refractivity contribution in [2.24, 2.45) is 0 Å². The van der Waals surface area contributed by atoms with E-state index in [9.17, 15) is 9.59 Å². The van der Waals surface area contributed by atoms with Crippen molar-refractivity contribution in [2.75, 3.05) is 7.11 Å². The molecule has 19 heavy (non-hydrogen) atoms. The number of esters is 1. The van der Waals surface area contributed by atoms with Crippen molar-refractivity contribution in [3.63, 3.8) is 0 Å². The summed E-state index contributed by atoms with van der Waals surface area (Å²) in [5, 5.41) is 8.41. The standard InChI is InChI=1S/C13H14N2O3S/c1-6-5-19-11(13(17)18-4)9(6)10-7(2)8(3)12(16)15-14-10/h5H,1-4H3,(H,15,16). The molecule has 0 aliphatic carbocycles. The second kappa shape index (κ2) is 4.97. The first-order valence-corrected chi connectivity index (χ1v) is 6.58. The molecule has 0 fully saturated rings. The quantitative estimate of drug-likeness (QED) is 0.855. The Morgan fingerprint density at radius 2 is 2.00 bits per heavy atom. The average molecular weight is 278 g/mol. The molecular weight excluding hydrogens is 264 g/mol. The molecule has 0 aromatic carbocycles. The molecule has 2 aromatic rings. The summed E-state index contributed by atoms with van der Waals surface area (Å²) < 4.78 is 4.78. The fraction of sp³-hybridized carbons (Fsp3) is 0.308. The number of carbonyl (C=O) groups is 1. The molecule has 0 aliphatic heterocycles. The molecule has 2 aromatic heterocycles. The van der Waals surface area contributed by atoms with E-state index in [0.717, 1.165) is 16.7 Å². The summed E-state index contributed by atoms with van der Waals surface area (Å²) in [6, 6.07) is 0. The van der Waals surface area contributed by atoms with Crippen molar-refractivity contribution in [2.45, 2.75) is 20.8 Å². The Labute approximate surface area is 114 Å². The van der Waals surface area contributed by atoms with Crippen LogP contribution in [0.1, 0.15) is 26.4 Å². The van der Waals surface area contributed by atoms with E-state index in [4.69, 9.17) is 4.74 Å². The van der Waals surface area contributed by atoms with Gasteiger partial charge in [-0.25, -0.2) is 9.89 Å². The lowest BCUT2D eigenvalue weighted by Crippen LogP contribution is -2.15. The van der Waals surface area contributed by atoms with Crippen LogP contribution in [-0.4, -0.2) is 23.3 Å². The van der Waals surface area contributed by atoms with Crippen LogP contribution < -0.4 is 5.56 Å². The molecule has 2 heterocycles. The fourth-order valence-corrected chi connectivity index (χ4v) is 2.81. The molecule has 0 saturated heterocycles. The molecule has 2 rings (SSSR count). The van der Waals surface area contributed by atoms with Crippen LogP contribution in [0, 0.1) is 20.8 Å². The molecule has 0 bridgehead atoms. The summed E-state index contributed by atoms with van der Waals surface area (Å²) in [4.78, 5) is 23.8. The van der Waals surface area contributed by atoms with Crippen LogP contribution >= 0.6 is 11.3 Å². The van der Waals surface area contributed by atoms with Crippen molar-refractivity contribution in [3.8, 4) is 11.3 Å².